The van der Waals surface area contributed by atoms with Gasteiger partial charge in [-0.1, -0.05) is 74.0 Å². The van der Waals surface area contributed by atoms with Crippen LogP contribution in [0.4, 0.5) is 13.2 Å². The molecule has 2 aliphatic rings. The molecule has 2 aliphatic carbocycles. The van der Waals surface area contributed by atoms with Gasteiger partial charge in [-0.3, -0.25) is 4.79 Å². The number of halogens is 4. The Morgan fingerprint density at radius 2 is 1.47 bits per heavy atom. The lowest BCUT2D eigenvalue weighted by molar-refractivity contribution is -0.143. The van der Waals surface area contributed by atoms with E-state index >= 15 is 0 Å². The van der Waals surface area contributed by atoms with E-state index in [2.05, 4.69) is 53.3 Å². The summed E-state index contributed by atoms with van der Waals surface area (Å²) < 4.78 is 41.9. The maximum atomic E-state index is 12.4. The molecule has 2 unspecified atom stereocenters. The van der Waals surface area contributed by atoms with Crippen LogP contribution in [0.2, 0.25) is 0 Å². The van der Waals surface area contributed by atoms with Gasteiger partial charge in [0.05, 0.1) is 13.0 Å². The fraction of sp³-hybridized carbons (Fsp3) is 0.375. The quantitative estimate of drug-likeness (QED) is 0.414. The summed E-state index contributed by atoms with van der Waals surface area (Å²) in [5, 5.41) is -1.14. The normalized spacial score (nSPS) is 21.5. The van der Waals surface area contributed by atoms with Gasteiger partial charge >= 0.3 is 12.1 Å². The van der Waals surface area contributed by atoms with E-state index in [-0.39, 0.29) is 5.57 Å². The molecule has 2 nitrogen and oxygen atoms in total. The van der Waals surface area contributed by atoms with E-state index in [4.69, 9.17) is 11.6 Å². The largest absolute Gasteiger partial charge is 0.469 e. The van der Waals surface area contributed by atoms with Gasteiger partial charge in [-0.25, -0.2) is 0 Å². The Bertz CT molecular complexity index is 948. The molecule has 2 atom stereocenters. The van der Waals surface area contributed by atoms with Crippen molar-refractivity contribution >= 4 is 17.6 Å². The molecule has 0 radical (unpaired) electrons. The molecule has 0 amide bonds. The van der Waals surface area contributed by atoms with Crippen LogP contribution in [0, 0.1) is 17.3 Å². The number of benzene rings is 2. The molecule has 6 heteroatoms. The van der Waals surface area contributed by atoms with Gasteiger partial charge in [0.2, 0.25) is 0 Å². The van der Waals surface area contributed by atoms with Crippen molar-refractivity contribution in [3.8, 4) is 11.1 Å². The van der Waals surface area contributed by atoms with Crippen LogP contribution in [0.5, 0.6) is 0 Å². The van der Waals surface area contributed by atoms with E-state index in [1.54, 1.807) is 13.8 Å². The monoisotopic (exact) mass is 436 g/mol. The Kier molecular flexibility index (Phi) is 6.06. The number of carbonyl (C=O) groups excluding carboxylic acids is 1. The molecule has 0 saturated heterocycles. The lowest BCUT2D eigenvalue weighted by Crippen LogP contribution is -2.11. The topological polar surface area (TPSA) is 26.3 Å². The number of hydrogen-bond acceptors (Lipinski definition) is 2. The minimum atomic E-state index is -4.56. The Morgan fingerprint density at radius 1 is 1.00 bits per heavy atom. The van der Waals surface area contributed by atoms with Crippen LogP contribution in [0.15, 0.2) is 59.1 Å². The highest BCUT2D eigenvalue weighted by Gasteiger charge is 2.64. The molecule has 2 aromatic rings. The molecule has 0 spiro atoms. The minimum Gasteiger partial charge on any atom is -0.469 e. The molecule has 1 fully saturated rings. The molecule has 0 aromatic heterocycles. The van der Waals surface area contributed by atoms with Crippen molar-refractivity contribution in [2.24, 2.45) is 17.3 Å². The van der Waals surface area contributed by atoms with Gasteiger partial charge in [-0.05, 0) is 46.6 Å². The number of fused-ring (bicyclic) bond motifs is 3. The highest BCUT2D eigenvalue weighted by Crippen LogP contribution is 2.63. The SMILES string of the molecule is COC(=O)C1C(C(C)=C(Cl)C(F)(F)F)C1(C)C.c1ccc2c(c1)Cc1ccccc1-2. The minimum absolute atomic E-state index is 0.000401. The Balaban J connectivity index is 0.000000175. The standard InChI is InChI=1S/C13H10.C11H14ClF3O2/c1-3-7-12-10(5-1)9-11-6-2-4-8-13(11)12;1-5(8(12)11(13,14)15)6-7(9(16)17-4)10(6,2)3/h1-8H,9H2;6-7H,1-4H3. The number of rotatable bonds is 2. The first-order valence-corrected chi connectivity index (χ1v) is 10.1. The van der Waals surface area contributed by atoms with Gasteiger partial charge in [0.25, 0.3) is 0 Å². The number of hydrogen-bond donors (Lipinski definition) is 0. The number of esters is 1. The van der Waals surface area contributed by atoms with Gasteiger partial charge in [0, 0.05) is 5.92 Å². The molecule has 30 heavy (non-hydrogen) atoms. The average molecular weight is 437 g/mol. The Hall–Kier alpha value is -2.27. The van der Waals surface area contributed by atoms with Crippen molar-refractivity contribution in [3.63, 3.8) is 0 Å². The molecule has 0 aliphatic heterocycles. The zero-order chi connectivity index (χ0) is 22.3. The van der Waals surface area contributed by atoms with E-state index < -0.39 is 34.4 Å². The first-order valence-electron chi connectivity index (χ1n) is 9.67. The highest BCUT2D eigenvalue weighted by atomic mass is 35.5. The predicted molar refractivity (Wildman–Crippen MR) is 112 cm³/mol. The molecule has 0 heterocycles. The van der Waals surface area contributed by atoms with Gasteiger partial charge in [0.15, 0.2) is 0 Å². The summed E-state index contributed by atoms with van der Waals surface area (Å²) >= 11 is 5.29. The van der Waals surface area contributed by atoms with Crippen molar-refractivity contribution in [2.75, 3.05) is 7.11 Å². The second kappa shape index (κ2) is 8.10. The van der Waals surface area contributed by atoms with E-state index in [9.17, 15) is 18.0 Å². The molecular weight excluding hydrogens is 413 g/mol. The van der Waals surface area contributed by atoms with E-state index in [0.717, 1.165) is 6.42 Å². The highest BCUT2D eigenvalue weighted by molar-refractivity contribution is 6.30. The van der Waals surface area contributed by atoms with Gasteiger partial charge in [0.1, 0.15) is 5.03 Å². The first kappa shape index (κ1) is 22.4. The van der Waals surface area contributed by atoms with Crippen LogP contribution in [0.25, 0.3) is 11.1 Å². The molecule has 2 aromatic carbocycles. The molecule has 0 bridgehead atoms. The predicted octanol–water partition coefficient (Wildman–Crippen LogP) is 6.76. The summed E-state index contributed by atoms with van der Waals surface area (Å²) in [4.78, 5) is 11.4. The van der Waals surface area contributed by atoms with Crippen LogP contribution < -0.4 is 0 Å². The lowest BCUT2D eigenvalue weighted by atomic mass is 10.0. The van der Waals surface area contributed by atoms with Crippen LogP contribution in [0.3, 0.4) is 0 Å². The summed E-state index contributed by atoms with van der Waals surface area (Å²) in [6.45, 7) is 4.76. The van der Waals surface area contributed by atoms with Crippen molar-refractivity contribution in [2.45, 2.75) is 33.4 Å². The summed E-state index contributed by atoms with van der Waals surface area (Å²) in [6.07, 6.45) is -3.46. The van der Waals surface area contributed by atoms with Crippen molar-refractivity contribution in [1.29, 1.82) is 0 Å². The molecule has 0 N–H and O–H groups in total. The first-order chi connectivity index (χ1) is 14.0. The number of ether oxygens (including phenoxy) is 1. The maximum Gasteiger partial charge on any atom is 0.426 e. The third kappa shape index (κ3) is 4.13. The lowest BCUT2D eigenvalue weighted by Gasteiger charge is -2.10. The second-order valence-electron chi connectivity index (χ2n) is 8.29. The maximum absolute atomic E-state index is 12.4. The van der Waals surface area contributed by atoms with Gasteiger partial charge in [-0.15, -0.1) is 0 Å². The Morgan fingerprint density at radius 3 is 1.90 bits per heavy atom. The fourth-order valence-electron chi connectivity index (χ4n) is 4.45. The number of alkyl halides is 3. The van der Waals surface area contributed by atoms with E-state index in [1.807, 2.05) is 0 Å². The number of allylic oxidation sites excluding steroid dienone is 2. The number of carbonyl (C=O) groups is 1. The summed E-state index contributed by atoms with van der Waals surface area (Å²) in [5.41, 5.74) is 5.21. The summed E-state index contributed by atoms with van der Waals surface area (Å²) in [7, 11) is 1.22. The molecule has 4 rings (SSSR count). The summed E-state index contributed by atoms with van der Waals surface area (Å²) in [5.74, 6) is -1.56. The molecule has 160 valence electrons. The third-order valence-corrected chi connectivity index (χ3v) is 6.56. The van der Waals surface area contributed by atoms with Gasteiger partial charge < -0.3 is 4.74 Å². The Labute approximate surface area is 179 Å². The van der Waals surface area contributed by atoms with Crippen molar-refractivity contribution in [1.82, 2.24) is 0 Å². The zero-order valence-electron chi connectivity index (χ0n) is 17.3. The van der Waals surface area contributed by atoms with Crippen LogP contribution in [-0.2, 0) is 16.0 Å². The zero-order valence-corrected chi connectivity index (χ0v) is 18.1. The third-order valence-electron chi connectivity index (χ3n) is 6.05. The smallest absolute Gasteiger partial charge is 0.426 e. The second-order valence-corrected chi connectivity index (χ2v) is 8.66. The van der Waals surface area contributed by atoms with Crippen LogP contribution in [0.1, 0.15) is 31.9 Å². The van der Waals surface area contributed by atoms with E-state index in [0.29, 0.717) is 0 Å². The summed E-state index contributed by atoms with van der Waals surface area (Å²) in [6, 6.07) is 17.3. The number of methoxy groups -OCH3 is 1. The van der Waals surface area contributed by atoms with E-state index in [1.165, 1.54) is 36.3 Å². The van der Waals surface area contributed by atoms with Crippen LogP contribution >= 0.6 is 11.6 Å². The van der Waals surface area contributed by atoms with Crippen LogP contribution in [-0.4, -0.2) is 19.3 Å². The van der Waals surface area contributed by atoms with Crippen molar-refractivity contribution < 1.29 is 22.7 Å². The molecular formula is C24H24ClF3O2. The molecule has 1 saturated carbocycles. The fourth-order valence-corrected chi connectivity index (χ4v) is 4.57. The van der Waals surface area contributed by atoms with Crippen molar-refractivity contribution in [3.05, 3.63) is 70.3 Å². The average Bonchev–Trinajstić information content (AvgIpc) is 3.09. The van der Waals surface area contributed by atoms with Gasteiger partial charge in [-0.2, -0.15) is 13.2 Å².